The van der Waals surface area contributed by atoms with Crippen molar-refractivity contribution in [2.45, 2.75) is 94.4 Å². The van der Waals surface area contributed by atoms with Gasteiger partial charge in [0.05, 0.1) is 5.92 Å². The maximum Gasteiger partial charge on any atom is 0.376 e. The van der Waals surface area contributed by atoms with Crippen molar-refractivity contribution in [1.29, 1.82) is 0 Å². The Morgan fingerprint density at radius 1 is 0.960 bits per heavy atom. The van der Waals surface area contributed by atoms with Crippen molar-refractivity contribution < 1.29 is 19.4 Å². The summed E-state index contributed by atoms with van der Waals surface area (Å²) in [5, 5.41) is 14.4. The van der Waals surface area contributed by atoms with Gasteiger partial charge in [-0.2, -0.15) is 0 Å². The molecule has 0 radical (unpaired) electrons. The van der Waals surface area contributed by atoms with Crippen LogP contribution >= 0.6 is 0 Å². The minimum Gasteiger partial charge on any atom is -0.437 e. The highest BCUT2D eigenvalue weighted by Crippen LogP contribution is 2.52. The Bertz CT molecular complexity index is 1700. The van der Waals surface area contributed by atoms with Crippen LogP contribution in [0.2, 0.25) is 6.82 Å². The average molecular weight is 681 g/mol. The fraction of sp³-hybridized carbons (Fsp3) is 0.564. The smallest absolute Gasteiger partial charge is 0.376 e. The van der Waals surface area contributed by atoms with Gasteiger partial charge in [-0.1, -0.05) is 49.4 Å². The Balaban J connectivity index is 1.10. The molecular formula is C39H53BN6O4. The molecule has 3 saturated heterocycles. The zero-order valence-electron chi connectivity index (χ0n) is 29.9. The minimum absolute atomic E-state index is 0.0598. The maximum absolute atomic E-state index is 14.7. The molecule has 10 nitrogen and oxygen atoms in total. The number of nitrogens with one attached hydrogen (secondary N) is 2. The van der Waals surface area contributed by atoms with Crippen molar-refractivity contribution in [2.75, 3.05) is 46.3 Å². The normalized spacial score (nSPS) is 23.4. The molecule has 266 valence electrons. The van der Waals surface area contributed by atoms with Gasteiger partial charge < -0.3 is 34.8 Å². The Morgan fingerprint density at radius 2 is 1.68 bits per heavy atom. The highest BCUT2D eigenvalue weighted by Gasteiger charge is 2.49. The van der Waals surface area contributed by atoms with E-state index in [0.717, 1.165) is 81.0 Å². The van der Waals surface area contributed by atoms with E-state index in [0.29, 0.717) is 19.6 Å². The first-order valence-corrected chi connectivity index (χ1v) is 18.9. The monoisotopic (exact) mass is 680 g/mol. The summed E-state index contributed by atoms with van der Waals surface area (Å²) in [5.74, 6) is -0.214. The Labute approximate surface area is 296 Å². The van der Waals surface area contributed by atoms with Gasteiger partial charge in [0.1, 0.15) is 6.04 Å². The topological polar surface area (TPSA) is 112 Å². The second kappa shape index (κ2) is 14.4. The summed E-state index contributed by atoms with van der Waals surface area (Å²) in [7, 11) is 1.23. The number of H-pyrrole nitrogens is 1. The van der Waals surface area contributed by atoms with E-state index in [2.05, 4.69) is 45.5 Å². The number of aromatic amines is 1. The number of benzene rings is 2. The van der Waals surface area contributed by atoms with Gasteiger partial charge in [-0.25, -0.2) is 4.79 Å². The van der Waals surface area contributed by atoms with Crippen molar-refractivity contribution in [3.63, 3.8) is 0 Å². The molecule has 11 heteroatoms. The molecule has 0 bridgehead atoms. The van der Waals surface area contributed by atoms with Gasteiger partial charge >= 0.3 is 13.1 Å². The van der Waals surface area contributed by atoms with Gasteiger partial charge in [-0.3, -0.25) is 9.59 Å². The van der Waals surface area contributed by atoms with Gasteiger partial charge in [0.2, 0.25) is 11.8 Å². The summed E-state index contributed by atoms with van der Waals surface area (Å²) in [6, 6.07) is 15.5. The first-order chi connectivity index (χ1) is 24.2. The highest BCUT2D eigenvalue weighted by atomic mass is 16.2. The Morgan fingerprint density at radius 3 is 2.44 bits per heavy atom. The third-order valence-electron chi connectivity index (χ3n) is 12.5. The summed E-state index contributed by atoms with van der Waals surface area (Å²) >= 11 is 0. The standard InChI is InChI=1S/C39H53BN6O4/c1-27(32-25-41-34-16-8-6-14-30(32)34)35(42-38(49)43(3)28-12-11-21-46(26-28)40(2)50)37(48)45-22-17-39(18-23-45)24-31(29-13-5-7-15-33(29)39)36(47)44-19-9-4-10-20-44/h5-8,13-16,25,27-28,31,35,41,50H,4,9-12,17-24,26H2,1-3H3,(H,42,49)/t27?,28?,31-,35?/m1/s1. The molecule has 4 amide bonds. The summed E-state index contributed by atoms with van der Waals surface area (Å²) in [6.07, 6.45) is 9.43. The Hall–Kier alpha value is -3.83. The van der Waals surface area contributed by atoms with Gasteiger partial charge in [0, 0.05) is 74.2 Å². The average Bonchev–Trinajstić information content (AvgIpc) is 3.73. The molecule has 3 aliphatic heterocycles. The van der Waals surface area contributed by atoms with Crippen molar-refractivity contribution in [3.8, 4) is 0 Å². The fourth-order valence-corrected chi connectivity index (χ4v) is 9.37. The van der Waals surface area contributed by atoms with Crippen LogP contribution in [0.25, 0.3) is 10.9 Å². The third kappa shape index (κ3) is 6.54. The largest absolute Gasteiger partial charge is 0.437 e. The zero-order valence-corrected chi connectivity index (χ0v) is 29.9. The second-order valence-electron chi connectivity index (χ2n) is 15.4. The molecule has 0 saturated carbocycles. The molecule has 2 aromatic carbocycles. The number of nitrogens with zero attached hydrogens (tertiary/aromatic N) is 4. The van der Waals surface area contributed by atoms with Crippen LogP contribution in [0.3, 0.4) is 0 Å². The minimum atomic E-state index is -0.765. The van der Waals surface area contributed by atoms with E-state index in [1.165, 1.54) is 17.5 Å². The van der Waals surface area contributed by atoms with Crippen molar-refractivity contribution in [1.82, 2.24) is 29.8 Å². The fourth-order valence-electron chi connectivity index (χ4n) is 9.37. The molecule has 3 unspecified atom stereocenters. The predicted octanol–water partition coefficient (Wildman–Crippen LogP) is 4.92. The molecule has 4 aliphatic rings. The van der Waals surface area contributed by atoms with Gasteiger partial charge in [0.25, 0.3) is 0 Å². The van der Waals surface area contributed by atoms with Gasteiger partial charge in [0.15, 0.2) is 0 Å². The number of hydrogen-bond donors (Lipinski definition) is 3. The van der Waals surface area contributed by atoms with Crippen LogP contribution in [0, 0.1) is 0 Å². The summed E-state index contributed by atoms with van der Waals surface area (Å²) in [4.78, 5) is 53.5. The molecule has 3 N–H and O–H groups in total. The van der Waals surface area contributed by atoms with Gasteiger partial charge in [-0.15, -0.1) is 0 Å². The molecule has 1 spiro atoms. The number of carbonyl (C=O) groups excluding carboxylic acids is 3. The molecule has 4 heterocycles. The SMILES string of the molecule is CB(O)N1CCCC(N(C)C(=O)NC(C(=O)N2CCC3(CC2)C[C@@H](C(=O)N2CCCCC2)c2ccccc23)C(C)c2c[nH]c3ccccc23)C1. The highest BCUT2D eigenvalue weighted by molar-refractivity contribution is 6.45. The third-order valence-corrected chi connectivity index (χ3v) is 12.5. The Kier molecular flexibility index (Phi) is 9.99. The van der Waals surface area contributed by atoms with Crippen LogP contribution in [0.1, 0.15) is 86.8 Å². The van der Waals surface area contributed by atoms with Crippen molar-refractivity contribution in [2.24, 2.45) is 0 Å². The number of rotatable bonds is 7. The van der Waals surface area contributed by atoms with Gasteiger partial charge in [-0.05, 0) is 87.5 Å². The number of aromatic nitrogens is 1. The summed E-state index contributed by atoms with van der Waals surface area (Å²) in [5.41, 5.74) is 4.30. The molecule has 1 aliphatic carbocycles. The summed E-state index contributed by atoms with van der Waals surface area (Å²) < 4.78 is 0. The molecule has 50 heavy (non-hydrogen) atoms. The lowest BCUT2D eigenvalue weighted by Crippen LogP contribution is -2.59. The van der Waals surface area contributed by atoms with Crippen LogP contribution in [0.15, 0.2) is 54.7 Å². The van der Waals surface area contributed by atoms with Crippen LogP contribution in [0.5, 0.6) is 0 Å². The van der Waals surface area contributed by atoms with E-state index in [4.69, 9.17) is 0 Å². The van der Waals surface area contributed by atoms with E-state index in [-0.39, 0.29) is 41.1 Å². The van der Waals surface area contributed by atoms with Crippen LogP contribution in [-0.4, -0.2) is 113 Å². The number of amides is 4. The lowest BCUT2D eigenvalue weighted by molar-refractivity contribution is -0.136. The van der Waals surface area contributed by atoms with Crippen molar-refractivity contribution in [3.05, 3.63) is 71.4 Å². The van der Waals surface area contributed by atoms with Crippen LogP contribution in [0.4, 0.5) is 4.79 Å². The predicted molar refractivity (Wildman–Crippen MR) is 197 cm³/mol. The molecule has 7 rings (SSSR count). The van der Waals surface area contributed by atoms with E-state index in [1.54, 1.807) is 18.8 Å². The number of piperidine rings is 3. The van der Waals surface area contributed by atoms with E-state index in [1.807, 2.05) is 41.0 Å². The lowest BCUT2D eigenvalue weighted by atomic mass is 9.73. The van der Waals surface area contributed by atoms with Crippen LogP contribution in [-0.2, 0) is 15.0 Å². The zero-order chi connectivity index (χ0) is 35.0. The maximum atomic E-state index is 14.7. The van der Waals surface area contributed by atoms with Crippen molar-refractivity contribution >= 4 is 35.8 Å². The molecule has 4 atom stereocenters. The first kappa shape index (κ1) is 34.6. The number of carbonyl (C=O) groups is 3. The number of hydrogen-bond acceptors (Lipinski definition) is 5. The van der Waals surface area contributed by atoms with E-state index in [9.17, 15) is 19.4 Å². The molecule has 3 aromatic rings. The molecule has 1 aromatic heterocycles. The quantitative estimate of drug-likeness (QED) is 0.307. The number of fused-ring (bicyclic) bond motifs is 3. The van der Waals surface area contributed by atoms with E-state index < -0.39 is 13.1 Å². The second-order valence-corrected chi connectivity index (χ2v) is 15.4. The van der Waals surface area contributed by atoms with E-state index >= 15 is 0 Å². The van der Waals surface area contributed by atoms with Crippen LogP contribution < -0.4 is 5.32 Å². The number of likely N-dealkylation sites (N-methyl/N-ethyl adjacent to an activating group) is 1. The number of para-hydroxylation sites is 1. The lowest BCUT2D eigenvalue weighted by Gasteiger charge is -2.42. The summed E-state index contributed by atoms with van der Waals surface area (Å²) in [6.45, 7) is 8.04. The number of urea groups is 1. The molecule has 3 fully saturated rings. The number of likely N-dealkylation sites (tertiary alicyclic amines) is 2. The first-order valence-electron chi connectivity index (χ1n) is 18.9. The molecular weight excluding hydrogens is 627 g/mol.